The van der Waals surface area contributed by atoms with E-state index in [9.17, 15) is 8.42 Å². The molecule has 0 saturated carbocycles. The number of piperidine rings is 1. The summed E-state index contributed by atoms with van der Waals surface area (Å²) in [6.07, 6.45) is 5.21. The molecule has 5 rings (SSSR count). The van der Waals surface area contributed by atoms with Crippen LogP contribution in [0.3, 0.4) is 0 Å². The summed E-state index contributed by atoms with van der Waals surface area (Å²) in [5.41, 5.74) is 10.3. The number of nitrogens with two attached hydrogens (primary N) is 1. The normalized spacial score (nSPS) is 15.4. The van der Waals surface area contributed by atoms with E-state index in [1.807, 2.05) is 55.1 Å². The molecule has 0 radical (unpaired) electrons. The summed E-state index contributed by atoms with van der Waals surface area (Å²) in [7, 11) is -3.70. The minimum atomic E-state index is -3.70. The zero-order valence-corrected chi connectivity index (χ0v) is 20.0. The van der Waals surface area contributed by atoms with Crippen LogP contribution in [0.5, 0.6) is 0 Å². The van der Waals surface area contributed by atoms with Gasteiger partial charge in [-0.25, -0.2) is 13.1 Å². The highest BCUT2D eigenvalue weighted by molar-refractivity contribution is 7.91. The number of anilines is 1. The van der Waals surface area contributed by atoms with Crippen LogP contribution in [0.4, 0.5) is 5.95 Å². The van der Waals surface area contributed by atoms with E-state index < -0.39 is 15.1 Å². The highest BCUT2D eigenvalue weighted by Gasteiger charge is 2.33. The second kappa shape index (κ2) is 8.80. The molecule has 1 aromatic carbocycles. The van der Waals surface area contributed by atoms with Gasteiger partial charge in [0.05, 0.1) is 16.6 Å². The highest BCUT2D eigenvalue weighted by Crippen LogP contribution is 2.29. The Morgan fingerprint density at radius 3 is 2.62 bits per heavy atom. The predicted molar refractivity (Wildman–Crippen MR) is 129 cm³/mol. The van der Waals surface area contributed by atoms with Crippen molar-refractivity contribution in [2.45, 2.75) is 49.4 Å². The summed E-state index contributed by atoms with van der Waals surface area (Å²) in [5.74, 6) is 0.0686. The summed E-state index contributed by atoms with van der Waals surface area (Å²) in [5, 5.41) is 11.6. The van der Waals surface area contributed by atoms with Crippen molar-refractivity contribution in [3.8, 4) is 5.69 Å². The number of nitrogen functional groups attached to an aromatic ring is 1. The lowest BCUT2D eigenvalue weighted by atomic mass is 9.98. The Labute approximate surface area is 198 Å². The molecule has 0 amide bonds. The number of nitrogens with zero attached hydrogens (tertiary/aromatic N) is 6. The van der Waals surface area contributed by atoms with Gasteiger partial charge in [-0.3, -0.25) is 0 Å². The van der Waals surface area contributed by atoms with Gasteiger partial charge in [-0.2, -0.15) is 24.7 Å². The molecule has 178 valence electrons. The molecule has 1 aliphatic rings. The molecule has 0 bridgehead atoms. The van der Waals surface area contributed by atoms with Gasteiger partial charge in [-0.15, -0.1) is 0 Å². The van der Waals surface area contributed by atoms with E-state index in [1.54, 1.807) is 6.20 Å². The maximum absolute atomic E-state index is 13.3. The standard InChI is InChI=1S/C23H28N8O2S/c1-15(2)20-18(14-16-6-3-4-7-19(16)30-13-5-10-26-30)29-31-21(20)27-23(28-22(31)24)34(32,33)17-8-11-25-12-9-17/h3-7,10,13,15,17,25H,8-9,11-12,14H2,1-2H3,(H2,24,27,28). The Kier molecular flexibility index (Phi) is 5.82. The number of benzene rings is 1. The molecule has 34 heavy (non-hydrogen) atoms. The first kappa shape index (κ1) is 22.5. The zero-order chi connectivity index (χ0) is 23.9. The number of hydrogen-bond donors (Lipinski definition) is 2. The van der Waals surface area contributed by atoms with Crippen LogP contribution in [-0.4, -0.2) is 56.1 Å². The number of hydrogen-bond acceptors (Lipinski definition) is 8. The van der Waals surface area contributed by atoms with Crippen LogP contribution in [0.2, 0.25) is 0 Å². The highest BCUT2D eigenvalue weighted by atomic mass is 32.2. The molecule has 3 aromatic heterocycles. The van der Waals surface area contributed by atoms with Crippen LogP contribution in [-0.2, 0) is 16.3 Å². The van der Waals surface area contributed by atoms with Crippen LogP contribution in [0.15, 0.2) is 47.9 Å². The molecule has 0 atom stereocenters. The molecule has 1 fully saturated rings. The Hall–Kier alpha value is -3.31. The van der Waals surface area contributed by atoms with Crippen molar-refractivity contribution in [2.75, 3.05) is 18.8 Å². The molecule has 4 aromatic rings. The Balaban J connectivity index is 1.61. The Bertz CT molecular complexity index is 1420. The summed E-state index contributed by atoms with van der Waals surface area (Å²) in [6.45, 7) is 5.40. The third-order valence-electron chi connectivity index (χ3n) is 6.26. The van der Waals surface area contributed by atoms with Crippen LogP contribution in [0, 0.1) is 0 Å². The first-order valence-corrected chi connectivity index (χ1v) is 13.0. The minimum Gasteiger partial charge on any atom is -0.368 e. The molecule has 0 unspecified atom stereocenters. The van der Waals surface area contributed by atoms with Crippen molar-refractivity contribution >= 4 is 21.4 Å². The molecule has 4 heterocycles. The van der Waals surface area contributed by atoms with Crippen molar-refractivity contribution in [1.82, 2.24) is 34.7 Å². The SMILES string of the molecule is CC(C)c1c(Cc2ccccc2-n2cccn2)nn2c(N)nc(S(=O)(=O)C3CCNCC3)nc12. The van der Waals surface area contributed by atoms with Crippen molar-refractivity contribution in [2.24, 2.45) is 0 Å². The molecule has 10 nitrogen and oxygen atoms in total. The lowest BCUT2D eigenvalue weighted by Crippen LogP contribution is -2.36. The second-order valence-electron chi connectivity index (χ2n) is 8.87. The molecule has 0 aliphatic carbocycles. The van der Waals surface area contributed by atoms with E-state index in [1.165, 1.54) is 4.52 Å². The lowest BCUT2D eigenvalue weighted by Gasteiger charge is -2.21. The van der Waals surface area contributed by atoms with E-state index in [4.69, 9.17) is 10.8 Å². The topological polar surface area (TPSA) is 133 Å². The monoisotopic (exact) mass is 480 g/mol. The van der Waals surface area contributed by atoms with E-state index in [-0.39, 0.29) is 17.0 Å². The summed E-state index contributed by atoms with van der Waals surface area (Å²) < 4.78 is 29.9. The van der Waals surface area contributed by atoms with Gasteiger partial charge in [0.1, 0.15) is 0 Å². The zero-order valence-electron chi connectivity index (χ0n) is 19.2. The third kappa shape index (κ3) is 3.94. The fourth-order valence-corrected chi connectivity index (χ4v) is 6.16. The maximum Gasteiger partial charge on any atom is 0.252 e. The molecule has 11 heteroatoms. The van der Waals surface area contributed by atoms with Gasteiger partial charge in [0, 0.05) is 24.4 Å². The molecule has 3 N–H and O–H groups in total. The van der Waals surface area contributed by atoms with Crippen molar-refractivity contribution < 1.29 is 8.42 Å². The fourth-order valence-electron chi connectivity index (χ4n) is 4.57. The van der Waals surface area contributed by atoms with Crippen LogP contribution in [0.1, 0.15) is 49.4 Å². The second-order valence-corrected chi connectivity index (χ2v) is 11.0. The van der Waals surface area contributed by atoms with Gasteiger partial charge < -0.3 is 11.1 Å². The van der Waals surface area contributed by atoms with Gasteiger partial charge in [0.15, 0.2) is 5.65 Å². The van der Waals surface area contributed by atoms with Crippen LogP contribution >= 0.6 is 0 Å². The minimum absolute atomic E-state index is 0.0195. The molecular formula is C23H28N8O2S. The number of sulfone groups is 1. The summed E-state index contributed by atoms with van der Waals surface area (Å²) in [4.78, 5) is 8.69. The first-order chi connectivity index (χ1) is 16.4. The summed E-state index contributed by atoms with van der Waals surface area (Å²) >= 11 is 0. The lowest BCUT2D eigenvalue weighted by molar-refractivity contribution is 0.492. The third-order valence-corrected chi connectivity index (χ3v) is 8.30. The van der Waals surface area contributed by atoms with E-state index in [2.05, 4.69) is 20.4 Å². The van der Waals surface area contributed by atoms with Crippen LogP contribution in [0.25, 0.3) is 11.3 Å². The average Bonchev–Trinajstić information content (AvgIpc) is 3.48. The fraction of sp³-hybridized carbons (Fsp3) is 0.391. The van der Waals surface area contributed by atoms with Crippen molar-refractivity contribution in [3.05, 3.63) is 59.5 Å². The number of nitrogens with one attached hydrogen (secondary N) is 1. The average molecular weight is 481 g/mol. The number of aromatic nitrogens is 6. The smallest absolute Gasteiger partial charge is 0.252 e. The first-order valence-electron chi connectivity index (χ1n) is 11.4. The number of para-hydroxylation sites is 1. The van der Waals surface area contributed by atoms with Crippen molar-refractivity contribution in [1.29, 1.82) is 0 Å². The van der Waals surface area contributed by atoms with Gasteiger partial charge in [0.25, 0.3) is 5.16 Å². The molecular weight excluding hydrogens is 452 g/mol. The Morgan fingerprint density at radius 1 is 1.15 bits per heavy atom. The van der Waals surface area contributed by atoms with Gasteiger partial charge in [-0.05, 0) is 49.5 Å². The number of rotatable bonds is 6. The maximum atomic E-state index is 13.3. The summed E-state index contributed by atoms with van der Waals surface area (Å²) in [6, 6.07) is 9.86. The van der Waals surface area contributed by atoms with Crippen LogP contribution < -0.4 is 11.1 Å². The molecule has 1 saturated heterocycles. The van der Waals surface area contributed by atoms with E-state index >= 15 is 0 Å². The van der Waals surface area contributed by atoms with E-state index in [0.29, 0.717) is 38.0 Å². The van der Waals surface area contributed by atoms with Gasteiger partial charge in [-0.1, -0.05) is 32.0 Å². The molecule has 1 aliphatic heterocycles. The largest absolute Gasteiger partial charge is 0.368 e. The quantitative estimate of drug-likeness (QED) is 0.429. The van der Waals surface area contributed by atoms with Gasteiger partial charge in [0.2, 0.25) is 15.8 Å². The Morgan fingerprint density at radius 2 is 1.91 bits per heavy atom. The van der Waals surface area contributed by atoms with E-state index in [0.717, 1.165) is 22.5 Å². The van der Waals surface area contributed by atoms with Gasteiger partial charge >= 0.3 is 0 Å². The predicted octanol–water partition coefficient (Wildman–Crippen LogP) is 2.13. The number of fused-ring (bicyclic) bond motifs is 1. The molecule has 0 spiro atoms. The van der Waals surface area contributed by atoms with Crippen molar-refractivity contribution in [3.63, 3.8) is 0 Å².